The van der Waals surface area contributed by atoms with E-state index in [9.17, 15) is 9.59 Å². The van der Waals surface area contributed by atoms with Crippen molar-refractivity contribution in [1.29, 1.82) is 0 Å². The molecule has 1 heterocycles. The van der Waals surface area contributed by atoms with Gasteiger partial charge >= 0.3 is 11.8 Å². The molecule has 3 N–H and O–H groups in total. The van der Waals surface area contributed by atoms with E-state index in [0.29, 0.717) is 12.1 Å². The number of aliphatic hydroxyl groups excluding tert-OH is 1. The molecule has 0 aromatic heterocycles. The Hall–Kier alpha value is -2.12. The Morgan fingerprint density at radius 1 is 1.12 bits per heavy atom. The number of anilines is 2. The summed E-state index contributed by atoms with van der Waals surface area (Å²) in [5, 5.41) is 14.1. The Bertz CT molecular complexity index is 549. The molecule has 1 aromatic rings. The summed E-state index contributed by atoms with van der Waals surface area (Å²) >= 11 is 0. The molecule has 132 valence electrons. The molecule has 1 fully saturated rings. The summed E-state index contributed by atoms with van der Waals surface area (Å²) in [6.45, 7) is 5.66. The summed E-state index contributed by atoms with van der Waals surface area (Å²) in [5.74, 6) is -1.46. The monoisotopic (exact) mass is 334 g/mol. The third kappa shape index (κ3) is 4.94. The fourth-order valence-electron chi connectivity index (χ4n) is 2.54. The number of nitrogens with one attached hydrogen (secondary N) is 2. The second-order valence-corrected chi connectivity index (χ2v) is 6.05. The maximum atomic E-state index is 11.9. The molecule has 2 rings (SSSR count). The van der Waals surface area contributed by atoms with Crippen molar-refractivity contribution in [2.75, 3.05) is 50.1 Å². The van der Waals surface area contributed by atoms with Crippen LogP contribution in [0, 0.1) is 0 Å². The zero-order chi connectivity index (χ0) is 17.5. The Balaban J connectivity index is 1.89. The first-order chi connectivity index (χ1) is 11.5. The maximum Gasteiger partial charge on any atom is 0.313 e. The molecular weight excluding hydrogens is 308 g/mol. The van der Waals surface area contributed by atoms with Gasteiger partial charge in [-0.15, -0.1) is 0 Å². The second-order valence-electron chi connectivity index (χ2n) is 6.05. The third-order valence-corrected chi connectivity index (χ3v) is 4.25. The molecule has 1 saturated heterocycles. The summed E-state index contributed by atoms with van der Waals surface area (Å²) in [6, 6.07) is 7.08. The minimum Gasteiger partial charge on any atom is -0.394 e. The molecule has 1 aliphatic rings. The van der Waals surface area contributed by atoms with Crippen molar-refractivity contribution in [3.63, 3.8) is 0 Å². The smallest absolute Gasteiger partial charge is 0.313 e. The van der Waals surface area contributed by atoms with Crippen LogP contribution in [0.25, 0.3) is 0 Å². The van der Waals surface area contributed by atoms with Gasteiger partial charge in [-0.05, 0) is 37.7 Å². The molecule has 1 aliphatic heterocycles. The molecule has 0 radical (unpaired) electrons. The predicted octanol–water partition coefficient (Wildman–Crippen LogP) is 0.264. The number of hydrogen-bond acceptors (Lipinski definition) is 5. The van der Waals surface area contributed by atoms with Gasteiger partial charge in [-0.25, -0.2) is 0 Å². The molecule has 0 bridgehead atoms. The molecule has 7 heteroatoms. The minimum absolute atomic E-state index is 0.185. The van der Waals surface area contributed by atoms with Crippen molar-refractivity contribution in [1.82, 2.24) is 10.2 Å². The largest absolute Gasteiger partial charge is 0.394 e. The van der Waals surface area contributed by atoms with Gasteiger partial charge in [0, 0.05) is 37.6 Å². The van der Waals surface area contributed by atoms with Gasteiger partial charge in [0.05, 0.1) is 12.6 Å². The Labute approximate surface area is 142 Å². The zero-order valence-electron chi connectivity index (χ0n) is 14.3. The summed E-state index contributed by atoms with van der Waals surface area (Å²) in [4.78, 5) is 28.2. The molecule has 1 atom stereocenters. The van der Waals surface area contributed by atoms with E-state index < -0.39 is 17.9 Å². The molecule has 1 unspecified atom stereocenters. The molecule has 0 spiro atoms. The number of aliphatic hydroxyl groups is 1. The highest BCUT2D eigenvalue weighted by atomic mass is 16.3. The van der Waals surface area contributed by atoms with Crippen molar-refractivity contribution in [2.24, 2.45) is 0 Å². The van der Waals surface area contributed by atoms with Crippen LogP contribution in [0.1, 0.15) is 13.3 Å². The third-order valence-electron chi connectivity index (χ3n) is 4.25. The predicted molar refractivity (Wildman–Crippen MR) is 94.1 cm³/mol. The minimum atomic E-state index is -0.737. The van der Waals surface area contributed by atoms with E-state index >= 15 is 0 Å². The van der Waals surface area contributed by atoms with Gasteiger partial charge < -0.3 is 25.5 Å². The summed E-state index contributed by atoms with van der Waals surface area (Å²) in [7, 11) is 2.11. The van der Waals surface area contributed by atoms with Crippen molar-refractivity contribution < 1.29 is 14.7 Å². The van der Waals surface area contributed by atoms with Gasteiger partial charge in [0.2, 0.25) is 0 Å². The number of benzene rings is 1. The number of carbonyl (C=O) groups excluding carboxylic acids is 2. The van der Waals surface area contributed by atoms with Crippen LogP contribution in [0.5, 0.6) is 0 Å². The van der Waals surface area contributed by atoms with Gasteiger partial charge in [-0.1, -0.05) is 6.92 Å². The van der Waals surface area contributed by atoms with Gasteiger partial charge in [0.15, 0.2) is 0 Å². The fourth-order valence-corrected chi connectivity index (χ4v) is 2.54. The van der Waals surface area contributed by atoms with Crippen LogP contribution in [0.3, 0.4) is 0 Å². The van der Waals surface area contributed by atoms with Crippen molar-refractivity contribution >= 4 is 23.2 Å². The molecule has 0 aliphatic carbocycles. The number of carbonyl (C=O) groups is 2. The SMILES string of the molecule is CCC(CO)NC(=O)C(=O)Nc1ccc(N2CCN(C)CC2)cc1. The highest BCUT2D eigenvalue weighted by molar-refractivity contribution is 6.39. The first-order valence-electron chi connectivity index (χ1n) is 8.29. The van der Waals surface area contributed by atoms with Crippen LogP contribution >= 0.6 is 0 Å². The van der Waals surface area contributed by atoms with E-state index in [-0.39, 0.29) is 6.61 Å². The Morgan fingerprint density at radius 2 is 1.75 bits per heavy atom. The molecule has 1 aromatic carbocycles. The molecule has 2 amide bonds. The van der Waals surface area contributed by atoms with Crippen LogP contribution < -0.4 is 15.5 Å². The number of amides is 2. The first kappa shape index (κ1) is 18.2. The van der Waals surface area contributed by atoms with Crippen LogP contribution in [-0.2, 0) is 9.59 Å². The number of piperazine rings is 1. The van der Waals surface area contributed by atoms with Crippen LogP contribution in [0.2, 0.25) is 0 Å². The van der Waals surface area contributed by atoms with E-state index in [1.807, 2.05) is 19.1 Å². The maximum absolute atomic E-state index is 11.9. The lowest BCUT2D eigenvalue weighted by Gasteiger charge is -2.34. The van der Waals surface area contributed by atoms with E-state index in [4.69, 9.17) is 5.11 Å². The number of rotatable bonds is 5. The highest BCUT2D eigenvalue weighted by Gasteiger charge is 2.18. The quantitative estimate of drug-likeness (QED) is 0.673. The Morgan fingerprint density at radius 3 is 2.29 bits per heavy atom. The molecular formula is C17H26N4O3. The van der Waals surface area contributed by atoms with Gasteiger partial charge in [-0.2, -0.15) is 0 Å². The summed E-state index contributed by atoms with van der Waals surface area (Å²) < 4.78 is 0. The normalized spacial score (nSPS) is 16.5. The van der Waals surface area contributed by atoms with Crippen LogP contribution in [-0.4, -0.2) is 67.7 Å². The zero-order valence-corrected chi connectivity index (χ0v) is 14.3. The van der Waals surface area contributed by atoms with E-state index in [0.717, 1.165) is 31.9 Å². The standard InChI is InChI=1S/C17H26N4O3/c1-3-13(12-22)18-16(23)17(24)19-14-4-6-15(7-5-14)21-10-8-20(2)9-11-21/h4-7,13,22H,3,8-12H2,1-2H3,(H,18,23)(H,19,24). The van der Waals surface area contributed by atoms with Crippen molar-refractivity contribution in [3.8, 4) is 0 Å². The molecule has 7 nitrogen and oxygen atoms in total. The van der Waals surface area contributed by atoms with E-state index in [2.05, 4.69) is 27.5 Å². The van der Waals surface area contributed by atoms with Gasteiger partial charge in [0.25, 0.3) is 0 Å². The Kier molecular flexibility index (Phi) is 6.57. The van der Waals surface area contributed by atoms with Crippen LogP contribution in [0.4, 0.5) is 11.4 Å². The first-order valence-corrected chi connectivity index (χ1v) is 8.29. The van der Waals surface area contributed by atoms with E-state index in [1.54, 1.807) is 12.1 Å². The average molecular weight is 334 g/mol. The average Bonchev–Trinajstić information content (AvgIpc) is 2.60. The number of nitrogens with zero attached hydrogens (tertiary/aromatic N) is 2. The fraction of sp³-hybridized carbons (Fsp3) is 0.529. The lowest BCUT2D eigenvalue weighted by Crippen LogP contribution is -2.44. The molecule has 24 heavy (non-hydrogen) atoms. The molecule has 0 saturated carbocycles. The van der Waals surface area contributed by atoms with E-state index in [1.165, 1.54) is 0 Å². The van der Waals surface area contributed by atoms with Crippen LogP contribution in [0.15, 0.2) is 24.3 Å². The lowest BCUT2D eigenvalue weighted by molar-refractivity contribution is -0.136. The van der Waals surface area contributed by atoms with Gasteiger partial charge in [0.1, 0.15) is 0 Å². The summed E-state index contributed by atoms with van der Waals surface area (Å²) in [5.41, 5.74) is 1.68. The van der Waals surface area contributed by atoms with Crippen molar-refractivity contribution in [3.05, 3.63) is 24.3 Å². The van der Waals surface area contributed by atoms with Crippen molar-refractivity contribution in [2.45, 2.75) is 19.4 Å². The topological polar surface area (TPSA) is 84.9 Å². The van der Waals surface area contributed by atoms with Gasteiger partial charge in [-0.3, -0.25) is 9.59 Å². The second kappa shape index (κ2) is 8.65. The lowest BCUT2D eigenvalue weighted by atomic mass is 10.2. The summed E-state index contributed by atoms with van der Waals surface area (Å²) in [6.07, 6.45) is 0.565. The highest BCUT2D eigenvalue weighted by Crippen LogP contribution is 2.19. The number of likely N-dealkylation sites (N-methyl/N-ethyl adjacent to an activating group) is 1. The number of hydrogen-bond donors (Lipinski definition) is 3.